The number of carbonyl (C=O) groups excluding carboxylic acids is 2. The van der Waals surface area contributed by atoms with Crippen LogP contribution in [0.1, 0.15) is 99.7 Å². The Morgan fingerprint density at radius 1 is 0.958 bits per heavy atom. The van der Waals surface area contributed by atoms with Gasteiger partial charge in [0.05, 0.1) is 12.0 Å². The molecule has 1 fully saturated rings. The molecule has 0 aromatic heterocycles. The van der Waals surface area contributed by atoms with Gasteiger partial charge in [0.1, 0.15) is 54.4 Å². The molecule has 0 bridgehead atoms. The average molecular weight is 673 g/mol. The van der Waals surface area contributed by atoms with Crippen molar-refractivity contribution in [3.05, 3.63) is 53.1 Å². The van der Waals surface area contributed by atoms with Crippen molar-refractivity contribution in [3.63, 3.8) is 0 Å². The van der Waals surface area contributed by atoms with Gasteiger partial charge in [0, 0.05) is 19.1 Å². The molecule has 4 rings (SSSR count). The number of phenolic OH excluding ortho intramolecular Hbond substituents is 1. The molecule has 2 aliphatic heterocycles. The second kappa shape index (κ2) is 17.4. The maximum atomic E-state index is 12.9. The highest BCUT2D eigenvalue weighted by Gasteiger charge is 2.45. The highest BCUT2D eigenvalue weighted by Crippen LogP contribution is 2.39. The highest BCUT2D eigenvalue weighted by molar-refractivity contribution is 6.00. The summed E-state index contributed by atoms with van der Waals surface area (Å²) >= 11 is 0. The van der Waals surface area contributed by atoms with Gasteiger partial charge in [-0.05, 0) is 66.8 Å². The number of phenols is 1. The number of aliphatic hydroxyl groups excluding tert-OH is 4. The SMILES string of the molecule is Cc1ccc(C2CC(=O)c3ccc(OC4OC(COC(=O)CC(C)CCCC(CO)CCCC(C)C)C(O)C(O)C4O)cc3O2)cc1O. The van der Waals surface area contributed by atoms with Crippen LogP contribution in [0.2, 0.25) is 0 Å². The van der Waals surface area contributed by atoms with Crippen molar-refractivity contribution in [2.45, 2.75) is 116 Å². The van der Waals surface area contributed by atoms with Crippen LogP contribution in [-0.2, 0) is 14.3 Å². The Morgan fingerprint density at radius 2 is 1.69 bits per heavy atom. The van der Waals surface area contributed by atoms with E-state index in [-0.39, 0.29) is 60.9 Å². The van der Waals surface area contributed by atoms with Crippen LogP contribution in [0.15, 0.2) is 36.4 Å². The summed E-state index contributed by atoms with van der Waals surface area (Å²) in [6.45, 7) is 7.94. The number of aromatic hydroxyl groups is 1. The second-order valence-corrected chi connectivity index (χ2v) is 13.9. The molecule has 0 amide bonds. The largest absolute Gasteiger partial charge is 0.508 e. The molecular formula is C37H52O11. The van der Waals surface area contributed by atoms with E-state index in [1.165, 1.54) is 18.2 Å². The molecule has 2 aromatic carbocycles. The Labute approximate surface area is 282 Å². The summed E-state index contributed by atoms with van der Waals surface area (Å²) in [5.41, 5.74) is 1.69. The van der Waals surface area contributed by atoms with Gasteiger partial charge < -0.3 is 44.5 Å². The molecule has 48 heavy (non-hydrogen) atoms. The van der Waals surface area contributed by atoms with Crippen LogP contribution in [0, 0.1) is 24.7 Å². The first-order valence-electron chi connectivity index (χ1n) is 17.1. The topological polar surface area (TPSA) is 172 Å². The van der Waals surface area contributed by atoms with Crippen molar-refractivity contribution in [1.29, 1.82) is 0 Å². The van der Waals surface area contributed by atoms with Gasteiger partial charge in [0.25, 0.3) is 0 Å². The van der Waals surface area contributed by atoms with Crippen molar-refractivity contribution >= 4 is 11.8 Å². The average Bonchev–Trinajstić information content (AvgIpc) is 3.04. The van der Waals surface area contributed by atoms with Crippen molar-refractivity contribution in [1.82, 2.24) is 0 Å². The number of aryl methyl sites for hydroxylation is 1. The van der Waals surface area contributed by atoms with E-state index in [0.29, 0.717) is 22.6 Å². The maximum Gasteiger partial charge on any atom is 0.306 e. The van der Waals surface area contributed by atoms with E-state index in [2.05, 4.69) is 13.8 Å². The molecule has 0 aliphatic carbocycles. The van der Waals surface area contributed by atoms with Gasteiger partial charge in [-0.15, -0.1) is 0 Å². The summed E-state index contributed by atoms with van der Waals surface area (Å²) in [5, 5.41) is 51.5. The molecule has 2 heterocycles. The van der Waals surface area contributed by atoms with Crippen LogP contribution >= 0.6 is 0 Å². The van der Waals surface area contributed by atoms with Crippen LogP contribution in [0.3, 0.4) is 0 Å². The van der Waals surface area contributed by atoms with Gasteiger partial charge >= 0.3 is 5.97 Å². The molecule has 5 N–H and O–H groups in total. The molecule has 2 aromatic rings. The number of benzene rings is 2. The molecule has 11 nitrogen and oxygen atoms in total. The van der Waals surface area contributed by atoms with E-state index in [0.717, 1.165) is 38.5 Å². The minimum Gasteiger partial charge on any atom is -0.508 e. The van der Waals surface area contributed by atoms with Crippen LogP contribution in [0.25, 0.3) is 0 Å². The zero-order chi connectivity index (χ0) is 35.0. The maximum absolute atomic E-state index is 12.9. The number of ether oxygens (including phenoxy) is 4. The van der Waals surface area contributed by atoms with Crippen molar-refractivity contribution in [3.8, 4) is 17.2 Å². The summed E-state index contributed by atoms with van der Waals surface area (Å²) in [7, 11) is 0. The molecule has 2 aliphatic rings. The van der Waals surface area contributed by atoms with E-state index in [1.807, 2.05) is 6.92 Å². The first kappa shape index (κ1) is 37.6. The zero-order valence-corrected chi connectivity index (χ0v) is 28.4. The highest BCUT2D eigenvalue weighted by atomic mass is 16.7. The molecule has 1 saturated heterocycles. The van der Waals surface area contributed by atoms with Crippen LogP contribution in [-0.4, -0.2) is 81.2 Å². The van der Waals surface area contributed by atoms with Gasteiger partial charge in [-0.3, -0.25) is 9.59 Å². The molecule has 8 unspecified atom stereocenters. The second-order valence-electron chi connectivity index (χ2n) is 13.9. The minimum absolute atomic E-state index is 0.0580. The summed E-state index contributed by atoms with van der Waals surface area (Å²) in [5.74, 6) is 0.876. The molecule has 11 heteroatoms. The predicted molar refractivity (Wildman–Crippen MR) is 177 cm³/mol. The molecule has 0 spiro atoms. The van der Waals surface area contributed by atoms with Gasteiger partial charge in [-0.2, -0.15) is 0 Å². The number of ketones is 1. The molecule has 0 radical (unpaired) electrons. The molecule has 8 atom stereocenters. The Hall–Kier alpha value is -3.22. The van der Waals surface area contributed by atoms with E-state index in [9.17, 15) is 35.1 Å². The first-order chi connectivity index (χ1) is 22.9. The monoisotopic (exact) mass is 672 g/mol. The number of fused-ring (bicyclic) bond motifs is 1. The summed E-state index contributed by atoms with van der Waals surface area (Å²) < 4.78 is 23.1. The number of aliphatic hydroxyl groups is 4. The zero-order valence-electron chi connectivity index (χ0n) is 28.4. The fourth-order valence-electron chi connectivity index (χ4n) is 6.19. The third-order valence-electron chi connectivity index (χ3n) is 9.30. The Morgan fingerprint density at radius 3 is 2.38 bits per heavy atom. The van der Waals surface area contributed by atoms with Gasteiger partial charge in [0.2, 0.25) is 6.29 Å². The first-order valence-corrected chi connectivity index (χ1v) is 17.1. The third-order valence-corrected chi connectivity index (χ3v) is 9.30. The van der Waals surface area contributed by atoms with Gasteiger partial charge in [-0.25, -0.2) is 0 Å². The Kier molecular flexibility index (Phi) is 13.7. The minimum atomic E-state index is -1.64. The Balaban J connectivity index is 1.28. The smallest absolute Gasteiger partial charge is 0.306 e. The van der Waals surface area contributed by atoms with E-state index < -0.39 is 42.8 Å². The van der Waals surface area contributed by atoms with Crippen LogP contribution in [0.4, 0.5) is 0 Å². The number of carbonyl (C=O) groups is 2. The summed E-state index contributed by atoms with van der Waals surface area (Å²) in [4.78, 5) is 25.5. The number of hydrogen-bond donors (Lipinski definition) is 5. The van der Waals surface area contributed by atoms with E-state index in [4.69, 9.17) is 18.9 Å². The fourth-order valence-corrected chi connectivity index (χ4v) is 6.19. The standard InChI is InChI=1S/C37H52O11/c1-21(2)7-5-9-24(19-38)10-6-8-22(3)15-33(41)45-20-32-34(42)35(43)36(44)37(48-32)46-26-13-14-27-29(40)18-30(47-31(27)17-26)25-12-11-23(4)28(39)16-25/h11-14,16-17,21-22,24,30,32,34-39,42-44H,5-10,15,18-20H2,1-4H3. The van der Waals surface area contributed by atoms with Gasteiger partial charge in [-0.1, -0.05) is 58.6 Å². The number of hydrogen-bond acceptors (Lipinski definition) is 11. The lowest BCUT2D eigenvalue weighted by Crippen LogP contribution is -2.60. The lowest BCUT2D eigenvalue weighted by Gasteiger charge is -2.40. The Bertz CT molecular complexity index is 1360. The lowest BCUT2D eigenvalue weighted by atomic mass is 9.92. The molecule has 0 saturated carbocycles. The van der Waals surface area contributed by atoms with E-state index >= 15 is 0 Å². The summed E-state index contributed by atoms with van der Waals surface area (Å²) in [6, 6.07) is 9.62. The predicted octanol–water partition coefficient (Wildman–Crippen LogP) is 4.77. The quantitative estimate of drug-likeness (QED) is 0.156. The van der Waals surface area contributed by atoms with Crippen LogP contribution < -0.4 is 9.47 Å². The van der Waals surface area contributed by atoms with Crippen LogP contribution in [0.5, 0.6) is 17.2 Å². The van der Waals surface area contributed by atoms with E-state index in [1.54, 1.807) is 25.1 Å². The normalized spacial score (nSPS) is 25.2. The number of Topliss-reactive ketones (excluding diaryl/α,β-unsaturated/α-hetero) is 1. The van der Waals surface area contributed by atoms with Crippen molar-refractivity contribution < 1.29 is 54.1 Å². The third kappa shape index (κ3) is 10.1. The fraction of sp³-hybridized carbons (Fsp3) is 0.622. The lowest BCUT2D eigenvalue weighted by molar-refractivity contribution is -0.278. The molecule has 266 valence electrons. The van der Waals surface area contributed by atoms with Crippen molar-refractivity contribution in [2.75, 3.05) is 13.2 Å². The van der Waals surface area contributed by atoms with Crippen molar-refractivity contribution in [2.24, 2.45) is 17.8 Å². The number of rotatable bonds is 16. The molecular weight excluding hydrogens is 620 g/mol. The summed E-state index contributed by atoms with van der Waals surface area (Å²) in [6.07, 6.45) is -1.90. The number of esters is 1. The van der Waals surface area contributed by atoms with Gasteiger partial charge in [0.15, 0.2) is 5.78 Å².